The molecule has 4 nitrogen and oxygen atoms in total. The van der Waals surface area contributed by atoms with E-state index < -0.39 is 0 Å². The van der Waals surface area contributed by atoms with Crippen LogP contribution in [0.1, 0.15) is 0 Å². The molecule has 0 aliphatic heterocycles. The van der Waals surface area contributed by atoms with E-state index in [0.717, 1.165) is 88.7 Å². The maximum atomic E-state index is 6.21. The van der Waals surface area contributed by atoms with Crippen molar-refractivity contribution in [1.29, 1.82) is 0 Å². The van der Waals surface area contributed by atoms with Gasteiger partial charge in [-0.1, -0.05) is 127 Å². The number of hydrogen-bond donors (Lipinski definition) is 0. The predicted molar refractivity (Wildman–Crippen MR) is 248 cm³/mol. The molecule has 13 aromatic rings. The van der Waals surface area contributed by atoms with Crippen molar-refractivity contribution in [3.63, 3.8) is 0 Å². The molecule has 0 amide bonds. The van der Waals surface area contributed by atoms with Crippen molar-refractivity contribution in [3.8, 4) is 39.3 Å². The Kier molecular flexibility index (Phi) is 6.85. The number of thiophene rings is 1. The van der Waals surface area contributed by atoms with Crippen molar-refractivity contribution in [2.24, 2.45) is 0 Å². The lowest BCUT2D eigenvalue weighted by Crippen LogP contribution is -2.03. The SMILES string of the molecule is c1ccc(-c2cccc(-c3nc4ccccc4nc3-n3c4ccc(-c5ccc6oc7ccccc7c6c5)cc4c4cc5c(cc43)sc3c4ccccc4ccc53)c2)cc1. The number of aromatic nitrogens is 3. The molecule has 0 unspecified atom stereocenters. The number of para-hydroxylation sites is 3. The third-order valence-corrected chi connectivity index (χ3v) is 13.2. The van der Waals surface area contributed by atoms with Crippen LogP contribution in [0.15, 0.2) is 192 Å². The molecule has 4 heterocycles. The van der Waals surface area contributed by atoms with E-state index in [4.69, 9.17) is 14.4 Å². The minimum atomic E-state index is 0.804. The molecular formula is C54H31N3OS. The lowest BCUT2D eigenvalue weighted by molar-refractivity contribution is 0.669. The molecule has 5 heteroatoms. The topological polar surface area (TPSA) is 43.9 Å². The van der Waals surface area contributed by atoms with E-state index >= 15 is 0 Å². The summed E-state index contributed by atoms with van der Waals surface area (Å²) in [6, 6.07) is 67.2. The van der Waals surface area contributed by atoms with Crippen molar-refractivity contribution < 1.29 is 4.42 Å². The minimum Gasteiger partial charge on any atom is -0.456 e. The van der Waals surface area contributed by atoms with Crippen LogP contribution in [-0.4, -0.2) is 14.5 Å². The molecule has 13 rings (SSSR count). The standard InChI is InChI=1S/C54H31N3OS/c1-2-11-32(12-3-1)34-14-10-15-37(27-34)52-54(56-46-19-8-7-18-45(46)55-52)57-47-25-22-35(36-23-26-50-43(29-36)39-17-6-9-20-49(39)58-50)28-41(47)42-30-44-40-24-21-33-13-4-5-16-38(33)53(40)59-51(44)31-48(42)57/h1-31H. The highest BCUT2D eigenvalue weighted by Crippen LogP contribution is 2.45. The van der Waals surface area contributed by atoms with E-state index in [0.29, 0.717) is 0 Å². The minimum absolute atomic E-state index is 0.804. The second kappa shape index (κ2) is 12.4. The fourth-order valence-corrected chi connectivity index (χ4v) is 10.4. The quantitative estimate of drug-likeness (QED) is 0.179. The van der Waals surface area contributed by atoms with Gasteiger partial charge in [-0.3, -0.25) is 4.57 Å². The van der Waals surface area contributed by atoms with Crippen LogP contribution in [0.4, 0.5) is 0 Å². The van der Waals surface area contributed by atoms with Gasteiger partial charge in [-0.05, 0) is 93.7 Å². The summed E-state index contributed by atoms with van der Waals surface area (Å²) in [5.41, 5.74) is 12.1. The molecule has 4 aromatic heterocycles. The Bertz CT molecular complexity index is 3860. The van der Waals surface area contributed by atoms with Crippen molar-refractivity contribution in [2.75, 3.05) is 0 Å². The highest BCUT2D eigenvalue weighted by molar-refractivity contribution is 7.26. The fraction of sp³-hybridized carbons (Fsp3) is 0. The molecule has 274 valence electrons. The van der Waals surface area contributed by atoms with E-state index in [2.05, 4.69) is 168 Å². The molecule has 0 N–H and O–H groups in total. The first-order valence-electron chi connectivity index (χ1n) is 19.9. The van der Waals surface area contributed by atoms with Gasteiger partial charge in [-0.25, -0.2) is 9.97 Å². The third-order valence-electron chi connectivity index (χ3n) is 12.0. The highest BCUT2D eigenvalue weighted by atomic mass is 32.1. The molecule has 0 atom stereocenters. The van der Waals surface area contributed by atoms with Crippen molar-refractivity contribution in [1.82, 2.24) is 14.5 Å². The first-order chi connectivity index (χ1) is 29.2. The van der Waals surface area contributed by atoms with Crippen LogP contribution < -0.4 is 0 Å². The van der Waals surface area contributed by atoms with Crippen molar-refractivity contribution >= 4 is 97.1 Å². The number of fused-ring (bicyclic) bond motifs is 12. The predicted octanol–water partition coefficient (Wildman–Crippen LogP) is 15.1. The van der Waals surface area contributed by atoms with E-state index in [-0.39, 0.29) is 0 Å². The largest absolute Gasteiger partial charge is 0.456 e. The first-order valence-corrected chi connectivity index (χ1v) is 20.7. The van der Waals surface area contributed by atoms with Crippen LogP contribution in [0.5, 0.6) is 0 Å². The number of furan rings is 1. The lowest BCUT2D eigenvalue weighted by Gasteiger charge is -2.15. The second-order valence-corrected chi connectivity index (χ2v) is 16.4. The number of hydrogen-bond acceptors (Lipinski definition) is 4. The van der Waals surface area contributed by atoms with Gasteiger partial charge in [0, 0.05) is 47.3 Å². The average molecular weight is 770 g/mol. The van der Waals surface area contributed by atoms with Crippen molar-refractivity contribution in [2.45, 2.75) is 0 Å². The van der Waals surface area contributed by atoms with Gasteiger partial charge in [-0.2, -0.15) is 0 Å². The molecule has 0 fully saturated rings. The molecular weight excluding hydrogens is 739 g/mol. The monoisotopic (exact) mass is 769 g/mol. The smallest absolute Gasteiger partial charge is 0.165 e. The van der Waals surface area contributed by atoms with Crippen LogP contribution in [0.2, 0.25) is 0 Å². The van der Waals surface area contributed by atoms with Gasteiger partial charge in [0.1, 0.15) is 16.9 Å². The summed E-state index contributed by atoms with van der Waals surface area (Å²) in [6.07, 6.45) is 0. The number of rotatable bonds is 4. The zero-order valence-electron chi connectivity index (χ0n) is 31.6. The summed E-state index contributed by atoms with van der Waals surface area (Å²) in [4.78, 5) is 10.9. The van der Waals surface area contributed by atoms with Gasteiger partial charge >= 0.3 is 0 Å². The van der Waals surface area contributed by atoms with Gasteiger partial charge in [-0.15, -0.1) is 11.3 Å². The zero-order valence-corrected chi connectivity index (χ0v) is 32.4. The maximum Gasteiger partial charge on any atom is 0.165 e. The number of nitrogens with zero attached hydrogens (tertiary/aromatic N) is 3. The highest BCUT2D eigenvalue weighted by Gasteiger charge is 2.22. The molecule has 0 aliphatic carbocycles. The fourth-order valence-electron chi connectivity index (χ4n) is 9.15. The van der Waals surface area contributed by atoms with Gasteiger partial charge in [0.2, 0.25) is 0 Å². The summed E-state index contributed by atoms with van der Waals surface area (Å²) in [5, 5.41) is 9.67. The number of benzene rings is 9. The summed E-state index contributed by atoms with van der Waals surface area (Å²) in [6.45, 7) is 0. The molecule has 0 radical (unpaired) electrons. The molecule has 0 spiro atoms. The molecule has 0 aliphatic rings. The van der Waals surface area contributed by atoms with E-state index in [9.17, 15) is 0 Å². The molecule has 0 saturated carbocycles. The van der Waals surface area contributed by atoms with Crippen LogP contribution >= 0.6 is 11.3 Å². The van der Waals surface area contributed by atoms with Crippen LogP contribution in [0.25, 0.3) is 125 Å². The van der Waals surface area contributed by atoms with E-state index in [1.807, 2.05) is 35.6 Å². The van der Waals surface area contributed by atoms with E-state index in [1.165, 1.54) is 36.3 Å². The van der Waals surface area contributed by atoms with Gasteiger partial charge in [0.15, 0.2) is 5.82 Å². The van der Waals surface area contributed by atoms with E-state index in [1.54, 1.807) is 0 Å². The third kappa shape index (κ3) is 4.95. The second-order valence-electron chi connectivity index (χ2n) is 15.3. The average Bonchev–Trinajstić information content (AvgIpc) is 3.96. The van der Waals surface area contributed by atoms with Gasteiger partial charge < -0.3 is 4.42 Å². The zero-order chi connectivity index (χ0) is 38.6. The molecule has 9 aromatic carbocycles. The normalized spacial score (nSPS) is 12.1. The first kappa shape index (κ1) is 32.5. The van der Waals surface area contributed by atoms with Crippen LogP contribution in [0.3, 0.4) is 0 Å². The molecule has 0 saturated heterocycles. The van der Waals surface area contributed by atoms with Crippen LogP contribution in [-0.2, 0) is 0 Å². The summed E-state index contributed by atoms with van der Waals surface area (Å²) in [7, 11) is 0. The Labute approximate surface area is 341 Å². The Morgan fingerprint density at radius 2 is 1.07 bits per heavy atom. The van der Waals surface area contributed by atoms with Crippen molar-refractivity contribution in [3.05, 3.63) is 188 Å². The van der Waals surface area contributed by atoms with Crippen LogP contribution in [0, 0.1) is 0 Å². The Balaban J connectivity index is 1.12. The van der Waals surface area contributed by atoms with Gasteiger partial charge in [0.25, 0.3) is 0 Å². The molecule has 59 heavy (non-hydrogen) atoms. The summed E-state index contributed by atoms with van der Waals surface area (Å²) >= 11 is 1.87. The van der Waals surface area contributed by atoms with Gasteiger partial charge in [0.05, 0.1) is 22.1 Å². The maximum absolute atomic E-state index is 6.21. The summed E-state index contributed by atoms with van der Waals surface area (Å²) < 4.78 is 11.1. The molecule has 0 bridgehead atoms. The Hall–Kier alpha value is -7.60. The Morgan fingerprint density at radius 1 is 0.390 bits per heavy atom. The summed E-state index contributed by atoms with van der Waals surface area (Å²) in [5.74, 6) is 0.804. The Morgan fingerprint density at radius 3 is 1.97 bits per heavy atom. The lowest BCUT2D eigenvalue weighted by atomic mass is 10.00.